The molecule has 0 saturated heterocycles. The van der Waals surface area contributed by atoms with E-state index < -0.39 is 34.4 Å². The van der Waals surface area contributed by atoms with E-state index in [0.717, 1.165) is 0 Å². The molecule has 21 heavy (non-hydrogen) atoms. The van der Waals surface area contributed by atoms with E-state index in [2.05, 4.69) is 0 Å². The van der Waals surface area contributed by atoms with Crippen LogP contribution in [0, 0.1) is 11.3 Å². The van der Waals surface area contributed by atoms with Crippen LogP contribution in [0.5, 0.6) is 0 Å². The van der Waals surface area contributed by atoms with E-state index in [9.17, 15) is 18.0 Å². The number of aliphatic carboxylic acids is 2. The van der Waals surface area contributed by atoms with Crippen molar-refractivity contribution in [3.05, 3.63) is 29.8 Å². The van der Waals surface area contributed by atoms with Crippen molar-refractivity contribution in [1.29, 1.82) is 5.26 Å². The molecule has 1 rings (SSSR count). The van der Waals surface area contributed by atoms with Crippen LogP contribution < -0.4 is 4.72 Å². The fraction of sp³-hybridized carbons (Fsp3) is 0.250. The van der Waals surface area contributed by atoms with Gasteiger partial charge in [-0.05, 0) is 17.7 Å². The molecule has 0 fully saturated rings. The predicted molar refractivity (Wildman–Crippen MR) is 69.8 cm³/mol. The minimum absolute atomic E-state index is 0.116. The van der Waals surface area contributed by atoms with Gasteiger partial charge in [0.05, 0.1) is 23.8 Å². The molecule has 0 aliphatic carbocycles. The monoisotopic (exact) mass is 312 g/mol. The lowest BCUT2D eigenvalue weighted by Crippen LogP contribution is -2.42. The average molecular weight is 312 g/mol. The number of nitrogens with zero attached hydrogens (tertiary/aromatic N) is 1. The van der Waals surface area contributed by atoms with Crippen LogP contribution in [0.4, 0.5) is 0 Å². The molecule has 0 aliphatic rings. The van der Waals surface area contributed by atoms with E-state index in [1.807, 2.05) is 10.8 Å². The van der Waals surface area contributed by atoms with Crippen LogP contribution in [0.1, 0.15) is 12.0 Å². The van der Waals surface area contributed by atoms with E-state index in [1.54, 1.807) is 0 Å². The highest BCUT2D eigenvalue weighted by Gasteiger charge is 2.27. The molecule has 3 N–H and O–H groups in total. The van der Waals surface area contributed by atoms with Crippen molar-refractivity contribution in [1.82, 2.24) is 4.72 Å². The third-order valence-electron chi connectivity index (χ3n) is 2.49. The van der Waals surface area contributed by atoms with Gasteiger partial charge in [0.1, 0.15) is 6.04 Å². The summed E-state index contributed by atoms with van der Waals surface area (Å²) in [6, 6.07) is 5.42. The first-order valence-electron chi connectivity index (χ1n) is 5.69. The number of benzene rings is 1. The SMILES string of the molecule is N#CCc1ccc(S(=O)(=O)N[C@H](CC(=O)O)C(=O)O)cc1. The van der Waals surface area contributed by atoms with Crippen LogP contribution in [0.25, 0.3) is 0 Å². The number of hydrogen-bond donors (Lipinski definition) is 3. The second kappa shape index (κ2) is 6.83. The van der Waals surface area contributed by atoms with Crippen LogP contribution in [0.3, 0.4) is 0 Å². The molecular formula is C12H12N2O6S. The number of carboxylic acids is 2. The van der Waals surface area contributed by atoms with E-state index in [1.165, 1.54) is 24.3 Å². The summed E-state index contributed by atoms with van der Waals surface area (Å²) in [4.78, 5) is 21.2. The first kappa shape index (κ1) is 16.6. The maximum absolute atomic E-state index is 12.0. The normalized spacial score (nSPS) is 12.3. The van der Waals surface area contributed by atoms with Gasteiger partial charge >= 0.3 is 11.9 Å². The van der Waals surface area contributed by atoms with Crippen molar-refractivity contribution in [3.63, 3.8) is 0 Å². The number of hydrogen-bond acceptors (Lipinski definition) is 5. The molecular weight excluding hydrogens is 300 g/mol. The van der Waals surface area contributed by atoms with Gasteiger partial charge in [-0.25, -0.2) is 8.42 Å². The molecule has 112 valence electrons. The molecule has 0 amide bonds. The molecule has 0 aliphatic heterocycles. The molecule has 1 aromatic carbocycles. The van der Waals surface area contributed by atoms with Gasteiger partial charge in [0, 0.05) is 0 Å². The summed E-state index contributed by atoms with van der Waals surface area (Å²) in [5, 5.41) is 25.9. The van der Waals surface area contributed by atoms with Gasteiger partial charge in [-0.3, -0.25) is 9.59 Å². The van der Waals surface area contributed by atoms with Crippen molar-refractivity contribution < 1.29 is 28.2 Å². The Kier molecular flexibility index (Phi) is 5.40. The molecule has 0 heterocycles. The maximum Gasteiger partial charge on any atom is 0.322 e. The number of carboxylic acid groups (broad SMARTS) is 2. The molecule has 0 saturated carbocycles. The summed E-state index contributed by atoms with van der Waals surface area (Å²) in [7, 11) is -4.16. The summed E-state index contributed by atoms with van der Waals surface area (Å²) in [6.45, 7) is 0. The summed E-state index contributed by atoms with van der Waals surface area (Å²) < 4.78 is 25.7. The van der Waals surface area contributed by atoms with Gasteiger partial charge in [-0.2, -0.15) is 9.98 Å². The lowest BCUT2D eigenvalue weighted by Gasteiger charge is -2.13. The topological polar surface area (TPSA) is 145 Å². The summed E-state index contributed by atoms with van der Waals surface area (Å²) in [5.74, 6) is -3.02. The molecule has 8 nitrogen and oxygen atoms in total. The summed E-state index contributed by atoms with van der Waals surface area (Å²) in [6.07, 6.45) is -0.758. The lowest BCUT2D eigenvalue weighted by molar-refractivity contribution is -0.145. The molecule has 0 unspecified atom stereocenters. The number of carbonyl (C=O) groups is 2. The Morgan fingerprint density at radius 2 is 1.81 bits per heavy atom. The van der Waals surface area contributed by atoms with Crippen LogP contribution in [-0.2, 0) is 26.0 Å². The number of sulfonamides is 1. The number of nitrogens with one attached hydrogen (secondary N) is 1. The van der Waals surface area contributed by atoms with Gasteiger partial charge in [0.15, 0.2) is 0 Å². The van der Waals surface area contributed by atoms with E-state index in [0.29, 0.717) is 5.56 Å². The molecule has 0 aromatic heterocycles. The number of nitriles is 1. The fourth-order valence-electron chi connectivity index (χ4n) is 1.49. The van der Waals surface area contributed by atoms with Gasteiger partial charge in [0.25, 0.3) is 0 Å². The lowest BCUT2D eigenvalue weighted by atomic mass is 10.2. The average Bonchev–Trinajstić information content (AvgIpc) is 2.38. The summed E-state index contributed by atoms with van der Waals surface area (Å²) in [5.41, 5.74) is 0.608. The zero-order valence-electron chi connectivity index (χ0n) is 10.7. The van der Waals surface area contributed by atoms with E-state index in [4.69, 9.17) is 15.5 Å². The van der Waals surface area contributed by atoms with Crippen molar-refractivity contribution >= 4 is 22.0 Å². The van der Waals surface area contributed by atoms with Crippen LogP contribution in [-0.4, -0.2) is 36.6 Å². The highest BCUT2D eigenvalue weighted by Crippen LogP contribution is 2.12. The molecule has 0 spiro atoms. The van der Waals surface area contributed by atoms with Gasteiger partial charge in [-0.15, -0.1) is 0 Å². The Morgan fingerprint density at radius 1 is 1.24 bits per heavy atom. The van der Waals surface area contributed by atoms with Gasteiger partial charge in [0.2, 0.25) is 10.0 Å². The van der Waals surface area contributed by atoms with Gasteiger partial charge in [-0.1, -0.05) is 12.1 Å². The zero-order chi connectivity index (χ0) is 16.0. The molecule has 1 aromatic rings. The van der Waals surface area contributed by atoms with Crippen LogP contribution in [0.15, 0.2) is 29.2 Å². The first-order chi connectivity index (χ1) is 9.76. The van der Waals surface area contributed by atoms with E-state index in [-0.39, 0.29) is 11.3 Å². The van der Waals surface area contributed by atoms with Gasteiger partial charge < -0.3 is 10.2 Å². The first-order valence-corrected chi connectivity index (χ1v) is 7.17. The Hall–Kier alpha value is -2.44. The van der Waals surface area contributed by atoms with Crippen LogP contribution >= 0.6 is 0 Å². The highest BCUT2D eigenvalue weighted by molar-refractivity contribution is 7.89. The third-order valence-corrected chi connectivity index (χ3v) is 3.98. The van der Waals surface area contributed by atoms with Crippen molar-refractivity contribution in [3.8, 4) is 6.07 Å². The Labute approximate surface area is 120 Å². The van der Waals surface area contributed by atoms with Crippen molar-refractivity contribution in [2.24, 2.45) is 0 Å². The zero-order valence-corrected chi connectivity index (χ0v) is 11.5. The number of rotatable bonds is 7. The minimum Gasteiger partial charge on any atom is -0.481 e. The smallest absolute Gasteiger partial charge is 0.322 e. The molecule has 0 bridgehead atoms. The van der Waals surface area contributed by atoms with Crippen LogP contribution in [0.2, 0.25) is 0 Å². The second-order valence-corrected chi connectivity index (χ2v) is 5.80. The molecule has 0 radical (unpaired) electrons. The molecule has 9 heteroatoms. The fourth-order valence-corrected chi connectivity index (χ4v) is 2.68. The van der Waals surface area contributed by atoms with E-state index >= 15 is 0 Å². The van der Waals surface area contributed by atoms with Crippen molar-refractivity contribution in [2.45, 2.75) is 23.8 Å². The van der Waals surface area contributed by atoms with Crippen molar-refractivity contribution in [2.75, 3.05) is 0 Å². The Balaban J connectivity index is 2.96. The summed E-state index contributed by atoms with van der Waals surface area (Å²) >= 11 is 0. The standard InChI is InChI=1S/C12H12N2O6S/c13-6-5-8-1-3-9(4-2-8)21(19,20)14-10(12(17)18)7-11(15)16/h1-4,10,14H,5,7H2,(H,15,16)(H,17,18)/t10-/m1/s1. The third kappa shape index (κ3) is 4.87. The highest BCUT2D eigenvalue weighted by atomic mass is 32.2. The molecule has 1 atom stereocenters. The largest absolute Gasteiger partial charge is 0.481 e. The predicted octanol–water partition coefficient (Wildman–Crippen LogP) is -0.0411. The minimum atomic E-state index is -4.16. The Bertz CT molecular complexity index is 675. The second-order valence-electron chi connectivity index (χ2n) is 4.09. The maximum atomic E-state index is 12.0. The Morgan fingerprint density at radius 3 is 2.24 bits per heavy atom. The quantitative estimate of drug-likeness (QED) is 0.640.